The van der Waals surface area contributed by atoms with E-state index in [0.717, 1.165) is 6.42 Å². The molecule has 2 aliphatic carbocycles. The van der Waals surface area contributed by atoms with Gasteiger partial charge in [0.2, 0.25) is 0 Å². The Morgan fingerprint density at radius 2 is 1.23 bits per heavy atom. The van der Waals surface area contributed by atoms with Crippen molar-refractivity contribution in [3.8, 4) is 22.3 Å². The standard InChI is InChI=1S/C25H31.C22H25.C2H7Si.2ClH.Zr/c1-6-7-8-9-19-16-23-18(2)10-15-22(24(23)17-19)20-11-13-21(14-12-20)25(3,4)5;1-15(2)18-13-17-7-6-8-20(21(17)14-18)16-9-11-19(12-10-16)22(3,4)5;1-3-2;;;/h10-17H,6-9H2,1-5H3;6-15H,1-5H3;3H,1-2H3;2*1H;/q;;;;;+2/p-2. The van der Waals surface area contributed by atoms with E-state index in [0.29, 0.717) is 5.92 Å². The van der Waals surface area contributed by atoms with Crippen molar-refractivity contribution in [1.82, 2.24) is 0 Å². The number of hydrogen-bond donors (Lipinski definition) is 0. The second-order valence-corrected chi connectivity index (χ2v) is 61.4. The van der Waals surface area contributed by atoms with E-state index in [2.05, 4.69) is 173 Å². The predicted octanol–water partition coefficient (Wildman–Crippen LogP) is 15.7. The first kappa shape index (κ1) is 40.7. The summed E-state index contributed by atoms with van der Waals surface area (Å²) in [7, 11) is 17.8. The van der Waals surface area contributed by atoms with E-state index in [4.69, 9.17) is 17.0 Å². The van der Waals surface area contributed by atoms with Gasteiger partial charge in [0.25, 0.3) is 0 Å². The van der Waals surface area contributed by atoms with Gasteiger partial charge in [-0.05, 0) is 0 Å². The Balaban J connectivity index is 1.58. The number of allylic oxidation sites excluding steroid dienone is 2. The van der Waals surface area contributed by atoms with Crippen LogP contribution in [0.2, 0.25) is 13.1 Å². The average molecular weight is 842 g/mol. The molecule has 2 aliphatic rings. The van der Waals surface area contributed by atoms with E-state index in [9.17, 15) is 0 Å². The third kappa shape index (κ3) is 7.27. The zero-order valence-electron chi connectivity index (χ0n) is 34.6. The summed E-state index contributed by atoms with van der Waals surface area (Å²) in [5.74, 6) is -1.35. The van der Waals surface area contributed by atoms with Crippen LogP contribution in [0.5, 0.6) is 0 Å². The normalized spacial score (nSPS) is 18.2. The maximum absolute atomic E-state index is 8.91. The van der Waals surface area contributed by atoms with Gasteiger partial charge in [0.15, 0.2) is 0 Å². The number of fused-ring (bicyclic) bond motifs is 2. The van der Waals surface area contributed by atoms with Gasteiger partial charge in [-0.25, -0.2) is 0 Å². The molecule has 6 rings (SSSR count). The van der Waals surface area contributed by atoms with Gasteiger partial charge in [0.05, 0.1) is 0 Å². The van der Waals surface area contributed by atoms with Crippen molar-refractivity contribution in [2.24, 2.45) is 5.92 Å². The summed E-state index contributed by atoms with van der Waals surface area (Å²) < 4.78 is 0.176. The molecule has 0 bridgehead atoms. The molecule has 0 N–H and O–H groups in total. The van der Waals surface area contributed by atoms with Crippen LogP contribution in [0, 0.1) is 12.8 Å². The molecule has 0 amide bonds. The summed E-state index contributed by atoms with van der Waals surface area (Å²) in [6.07, 6.45) is 9.72. The van der Waals surface area contributed by atoms with Gasteiger partial charge in [-0.3, -0.25) is 0 Å². The molecule has 2 atom stereocenters. The van der Waals surface area contributed by atoms with Gasteiger partial charge in [-0.15, -0.1) is 0 Å². The van der Waals surface area contributed by atoms with Crippen LogP contribution in [0.4, 0.5) is 0 Å². The van der Waals surface area contributed by atoms with Gasteiger partial charge >= 0.3 is 334 Å². The van der Waals surface area contributed by atoms with E-state index in [-0.39, 0.29) is 18.1 Å². The quantitative estimate of drug-likeness (QED) is 0.110. The third-order valence-electron chi connectivity index (χ3n) is 12.7. The number of unbranched alkanes of at least 4 members (excludes halogenated alkanes) is 2. The van der Waals surface area contributed by atoms with Crippen LogP contribution in [-0.4, -0.2) is 5.92 Å². The Morgan fingerprint density at radius 1 is 0.679 bits per heavy atom. The minimum absolute atomic E-state index is 0.0786. The summed E-state index contributed by atoms with van der Waals surface area (Å²) in [5.41, 5.74) is 17.9. The van der Waals surface area contributed by atoms with Crippen LogP contribution in [0.1, 0.15) is 134 Å². The van der Waals surface area contributed by atoms with Crippen LogP contribution >= 0.6 is 17.0 Å². The van der Waals surface area contributed by atoms with Gasteiger partial charge in [0, 0.05) is 0 Å². The van der Waals surface area contributed by atoms with Crippen LogP contribution in [0.25, 0.3) is 34.4 Å². The topological polar surface area (TPSA) is 0 Å². The summed E-state index contributed by atoms with van der Waals surface area (Å²) in [4.78, 5) is 0. The number of hydrogen-bond acceptors (Lipinski definition) is 0. The molecule has 0 nitrogen and oxygen atoms in total. The van der Waals surface area contributed by atoms with Gasteiger partial charge in [-0.1, -0.05) is 0 Å². The van der Waals surface area contributed by atoms with Crippen molar-refractivity contribution in [2.45, 2.75) is 126 Å². The summed E-state index contributed by atoms with van der Waals surface area (Å²) in [5, 5.41) is 0. The average Bonchev–Trinajstić information content (AvgIpc) is 3.70. The maximum atomic E-state index is 8.91. The molecular formula is C49H63Cl2SiZr. The Bertz CT molecular complexity index is 2050. The van der Waals surface area contributed by atoms with Crippen molar-refractivity contribution in [1.29, 1.82) is 0 Å². The number of aryl methyl sites for hydroxylation is 1. The Morgan fingerprint density at radius 3 is 1.72 bits per heavy atom. The number of benzene rings is 4. The SMILES string of the molecule is CCCCCC1=Cc2c(-c3ccc(C(C)(C)C)cc3)ccc(C)c2[CH]1[Zr]([Cl])([Cl])([CH]1C(C(C)C)=Cc2c(-c3ccc(C(C)(C)C)cc3)cccc21)[SiH](C)C. The fraction of sp³-hybridized carbons (Fsp3) is 0.429. The van der Waals surface area contributed by atoms with E-state index >= 15 is 0 Å². The van der Waals surface area contributed by atoms with Gasteiger partial charge in [0.1, 0.15) is 0 Å². The zero-order chi connectivity index (χ0) is 38.7. The fourth-order valence-corrected chi connectivity index (χ4v) is 40.9. The monoisotopic (exact) mass is 839 g/mol. The predicted molar refractivity (Wildman–Crippen MR) is 237 cm³/mol. The number of rotatable bonds is 10. The Hall–Kier alpha value is -1.96. The molecule has 4 aromatic carbocycles. The molecule has 281 valence electrons. The first-order valence-corrected chi connectivity index (χ1v) is 36.6. The van der Waals surface area contributed by atoms with Crippen LogP contribution < -0.4 is 0 Å². The second-order valence-electron chi connectivity index (χ2n) is 18.9. The minimum atomic E-state index is -4.96. The first-order chi connectivity index (χ1) is 24.8. The number of halogens is 2. The molecule has 4 aromatic rings. The molecule has 0 spiro atoms. The Kier molecular flexibility index (Phi) is 11.4. The molecule has 0 saturated heterocycles. The molecule has 53 heavy (non-hydrogen) atoms. The van der Waals surface area contributed by atoms with E-state index in [1.807, 2.05) is 0 Å². The molecule has 0 aliphatic heterocycles. The molecule has 4 heteroatoms. The second kappa shape index (κ2) is 14.8. The van der Waals surface area contributed by atoms with E-state index in [1.54, 1.807) is 0 Å². The van der Waals surface area contributed by atoms with E-state index < -0.39 is 21.5 Å². The summed E-state index contributed by atoms with van der Waals surface area (Å²) in [6, 6.07) is 30.2. The summed E-state index contributed by atoms with van der Waals surface area (Å²) in [6.45, 7) is 28.0. The first-order valence-electron chi connectivity index (χ1n) is 20.3. The van der Waals surface area contributed by atoms with Crippen LogP contribution in [-0.2, 0) is 26.4 Å². The van der Waals surface area contributed by atoms with Crippen LogP contribution in [0.15, 0.2) is 90.0 Å². The van der Waals surface area contributed by atoms with Gasteiger partial charge < -0.3 is 0 Å². The van der Waals surface area contributed by atoms with Crippen molar-refractivity contribution in [3.63, 3.8) is 0 Å². The third-order valence-corrected chi connectivity index (χ3v) is 64.4. The van der Waals surface area contributed by atoms with Crippen molar-refractivity contribution in [2.75, 3.05) is 0 Å². The van der Waals surface area contributed by atoms with Crippen molar-refractivity contribution >= 4 is 35.1 Å². The molecule has 0 saturated carbocycles. The molecule has 0 fully saturated rings. The van der Waals surface area contributed by atoms with Crippen molar-refractivity contribution < 1.29 is 15.6 Å². The zero-order valence-corrected chi connectivity index (χ0v) is 39.7. The van der Waals surface area contributed by atoms with E-state index in [1.165, 1.54) is 91.6 Å². The molecular weight excluding hydrogens is 779 g/mol. The molecule has 0 radical (unpaired) electrons. The van der Waals surface area contributed by atoms with Gasteiger partial charge in [-0.2, -0.15) is 0 Å². The van der Waals surface area contributed by atoms with Crippen LogP contribution in [0.3, 0.4) is 0 Å². The fourth-order valence-electron chi connectivity index (χ4n) is 9.34. The molecule has 2 unspecified atom stereocenters. The summed E-state index contributed by atoms with van der Waals surface area (Å²) >= 11 is -4.96. The van der Waals surface area contributed by atoms with Crippen molar-refractivity contribution in [3.05, 3.63) is 129 Å². The molecule has 0 aromatic heterocycles. The molecule has 0 heterocycles. The Labute approximate surface area is 331 Å².